The van der Waals surface area contributed by atoms with Crippen LogP contribution in [0.1, 0.15) is 32.8 Å². The van der Waals surface area contributed by atoms with Crippen molar-refractivity contribution in [1.82, 2.24) is 15.3 Å². The fourth-order valence-electron chi connectivity index (χ4n) is 0.747. The SMILES string of the molecule is CC.CCC(=O)NCc1cncnc1. The zero-order valence-corrected chi connectivity index (χ0v) is 8.95. The van der Waals surface area contributed by atoms with Gasteiger partial charge in [-0.1, -0.05) is 20.8 Å². The van der Waals surface area contributed by atoms with Crippen LogP contribution in [-0.4, -0.2) is 15.9 Å². The van der Waals surface area contributed by atoms with Crippen molar-refractivity contribution < 1.29 is 4.79 Å². The van der Waals surface area contributed by atoms with Crippen LogP contribution in [-0.2, 0) is 11.3 Å². The Labute approximate surface area is 84.8 Å². The summed E-state index contributed by atoms with van der Waals surface area (Å²) < 4.78 is 0. The molecule has 0 fully saturated rings. The van der Waals surface area contributed by atoms with Crippen molar-refractivity contribution in [1.29, 1.82) is 0 Å². The summed E-state index contributed by atoms with van der Waals surface area (Å²) in [4.78, 5) is 18.5. The summed E-state index contributed by atoms with van der Waals surface area (Å²) in [6.45, 7) is 6.32. The summed E-state index contributed by atoms with van der Waals surface area (Å²) in [5.74, 6) is 0.0406. The van der Waals surface area contributed by atoms with Crippen molar-refractivity contribution in [3.8, 4) is 0 Å². The van der Waals surface area contributed by atoms with Crippen LogP contribution in [0.2, 0.25) is 0 Å². The first kappa shape index (κ1) is 12.6. The molecule has 4 heteroatoms. The van der Waals surface area contributed by atoms with Crippen molar-refractivity contribution in [3.63, 3.8) is 0 Å². The van der Waals surface area contributed by atoms with Gasteiger partial charge in [0.1, 0.15) is 6.33 Å². The van der Waals surface area contributed by atoms with Crippen molar-refractivity contribution in [3.05, 3.63) is 24.3 Å². The second kappa shape index (κ2) is 8.16. The first-order chi connectivity index (χ1) is 6.83. The second-order valence-electron chi connectivity index (χ2n) is 2.38. The third-order valence-electron chi connectivity index (χ3n) is 1.42. The lowest BCUT2D eigenvalue weighted by molar-refractivity contribution is -0.120. The number of amides is 1. The summed E-state index contributed by atoms with van der Waals surface area (Å²) in [6, 6.07) is 0. The van der Waals surface area contributed by atoms with E-state index in [1.165, 1.54) is 6.33 Å². The first-order valence-electron chi connectivity index (χ1n) is 4.83. The molecule has 78 valence electrons. The van der Waals surface area contributed by atoms with Crippen molar-refractivity contribution in [2.45, 2.75) is 33.7 Å². The van der Waals surface area contributed by atoms with Crippen LogP contribution >= 0.6 is 0 Å². The van der Waals surface area contributed by atoms with E-state index >= 15 is 0 Å². The molecule has 1 aromatic heterocycles. The predicted molar refractivity (Wildman–Crippen MR) is 55.5 cm³/mol. The fourth-order valence-corrected chi connectivity index (χ4v) is 0.747. The largest absolute Gasteiger partial charge is 0.352 e. The molecule has 0 aliphatic rings. The maximum Gasteiger partial charge on any atom is 0.219 e. The first-order valence-corrected chi connectivity index (χ1v) is 4.83. The zero-order chi connectivity index (χ0) is 10.8. The van der Waals surface area contributed by atoms with Gasteiger partial charge in [-0.2, -0.15) is 0 Å². The van der Waals surface area contributed by atoms with Crippen LogP contribution in [0.5, 0.6) is 0 Å². The summed E-state index contributed by atoms with van der Waals surface area (Å²) in [6.07, 6.45) is 5.34. The van der Waals surface area contributed by atoms with Crippen LogP contribution < -0.4 is 5.32 Å². The Morgan fingerprint density at radius 3 is 2.43 bits per heavy atom. The van der Waals surface area contributed by atoms with Gasteiger partial charge in [0.15, 0.2) is 0 Å². The quantitative estimate of drug-likeness (QED) is 0.795. The summed E-state index contributed by atoms with van der Waals surface area (Å²) >= 11 is 0. The van der Waals surface area contributed by atoms with Gasteiger partial charge in [-0.25, -0.2) is 9.97 Å². The number of carbonyl (C=O) groups excluding carboxylic acids is 1. The number of hydrogen-bond donors (Lipinski definition) is 1. The van der Waals surface area contributed by atoms with Gasteiger partial charge in [0.05, 0.1) is 0 Å². The number of nitrogens with zero attached hydrogens (tertiary/aromatic N) is 2. The molecule has 1 amide bonds. The number of aromatic nitrogens is 2. The Balaban J connectivity index is 0.000000791. The molecule has 1 heterocycles. The molecule has 0 aliphatic heterocycles. The molecule has 0 aliphatic carbocycles. The van der Waals surface area contributed by atoms with E-state index in [0.29, 0.717) is 13.0 Å². The van der Waals surface area contributed by atoms with Gasteiger partial charge < -0.3 is 5.32 Å². The molecule has 0 aromatic carbocycles. The molecule has 14 heavy (non-hydrogen) atoms. The Morgan fingerprint density at radius 1 is 1.36 bits per heavy atom. The van der Waals surface area contributed by atoms with Gasteiger partial charge in [-0.05, 0) is 0 Å². The predicted octanol–water partition coefficient (Wildman–Crippen LogP) is 1.53. The Bertz CT molecular complexity index is 249. The lowest BCUT2D eigenvalue weighted by Crippen LogP contribution is -2.21. The van der Waals surface area contributed by atoms with Gasteiger partial charge in [-0.15, -0.1) is 0 Å². The van der Waals surface area contributed by atoms with Crippen LogP contribution in [0.3, 0.4) is 0 Å². The molecule has 4 nitrogen and oxygen atoms in total. The lowest BCUT2D eigenvalue weighted by atomic mass is 10.3. The van der Waals surface area contributed by atoms with Gasteiger partial charge in [0.25, 0.3) is 0 Å². The number of rotatable bonds is 3. The Kier molecular flexibility index (Phi) is 7.32. The highest BCUT2D eigenvalue weighted by Crippen LogP contribution is 1.91. The molecule has 1 rings (SSSR count). The van der Waals surface area contributed by atoms with E-state index in [2.05, 4.69) is 15.3 Å². The molecule has 0 radical (unpaired) electrons. The minimum Gasteiger partial charge on any atom is -0.352 e. The molecule has 0 saturated heterocycles. The summed E-state index contributed by atoms with van der Waals surface area (Å²) in [5, 5.41) is 2.73. The third-order valence-corrected chi connectivity index (χ3v) is 1.42. The van der Waals surface area contributed by atoms with Crippen molar-refractivity contribution in [2.24, 2.45) is 0 Å². The highest BCUT2D eigenvalue weighted by molar-refractivity contribution is 5.75. The van der Waals surface area contributed by atoms with Gasteiger partial charge in [0.2, 0.25) is 5.91 Å². The van der Waals surface area contributed by atoms with Crippen molar-refractivity contribution in [2.75, 3.05) is 0 Å². The molecule has 0 saturated carbocycles. The van der Waals surface area contributed by atoms with Gasteiger partial charge in [-0.3, -0.25) is 4.79 Å². The minimum absolute atomic E-state index is 0.0406. The molecular weight excluding hydrogens is 178 g/mol. The van der Waals surface area contributed by atoms with Crippen LogP contribution in [0.4, 0.5) is 0 Å². The highest BCUT2D eigenvalue weighted by Gasteiger charge is 1.96. The molecule has 0 unspecified atom stereocenters. The van der Waals surface area contributed by atoms with Gasteiger partial charge >= 0.3 is 0 Å². The van der Waals surface area contributed by atoms with Gasteiger partial charge in [0, 0.05) is 30.9 Å². The molecule has 0 spiro atoms. The normalized spacial score (nSPS) is 8.50. The average molecular weight is 195 g/mol. The standard InChI is InChI=1S/C8H11N3O.C2H6/c1-2-8(12)11-5-7-3-9-6-10-4-7;1-2/h3-4,6H,2,5H2,1H3,(H,11,12);1-2H3. The Hall–Kier alpha value is -1.45. The van der Waals surface area contributed by atoms with E-state index in [0.717, 1.165) is 5.56 Å². The van der Waals surface area contributed by atoms with E-state index < -0.39 is 0 Å². The zero-order valence-electron chi connectivity index (χ0n) is 8.95. The van der Waals surface area contributed by atoms with E-state index in [-0.39, 0.29) is 5.91 Å². The number of nitrogens with one attached hydrogen (secondary N) is 1. The van der Waals surface area contributed by atoms with E-state index in [1.54, 1.807) is 12.4 Å². The summed E-state index contributed by atoms with van der Waals surface area (Å²) in [5.41, 5.74) is 0.916. The minimum atomic E-state index is 0.0406. The topological polar surface area (TPSA) is 54.9 Å². The maximum atomic E-state index is 10.8. The van der Waals surface area contributed by atoms with Crippen molar-refractivity contribution >= 4 is 5.91 Å². The summed E-state index contributed by atoms with van der Waals surface area (Å²) in [7, 11) is 0. The monoisotopic (exact) mass is 195 g/mol. The molecule has 0 bridgehead atoms. The fraction of sp³-hybridized carbons (Fsp3) is 0.500. The maximum absolute atomic E-state index is 10.8. The lowest BCUT2D eigenvalue weighted by Gasteiger charge is -2.01. The molecular formula is C10H17N3O. The van der Waals surface area contributed by atoms with Crippen LogP contribution in [0.25, 0.3) is 0 Å². The smallest absolute Gasteiger partial charge is 0.219 e. The number of hydrogen-bond acceptors (Lipinski definition) is 3. The van der Waals surface area contributed by atoms with Crippen LogP contribution in [0.15, 0.2) is 18.7 Å². The van der Waals surface area contributed by atoms with E-state index in [9.17, 15) is 4.79 Å². The van der Waals surface area contributed by atoms with E-state index in [1.807, 2.05) is 20.8 Å². The highest BCUT2D eigenvalue weighted by atomic mass is 16.1. The molecule has 1 N–H and O–H groups in total. The van der Waals surface area contributed by atoms with E-state index in [4.69, 9.17) is 0 Å². The average Bonchev–Trinajstić information content (AvgIpc) is 2.30. The molecule has 0 atom stereocenters. The number of carbonyl (C=O) groups is 1. The second-order valence-corrected chi connectivity index (χ2v) is 2.38. The Morgan fingerprint density at radius 2 is 1.93 bits per heavy atom. The van der Waals surface area contributed by atoms with Crippen LogP contribution in [0, 0.1) is 0 Å². The molecule has 1 aromatic rings. The third kappa shape index (κ3) is 5.24.